The molecule has 0 saturated heterocycles. The number of nitrogens with one attached hydrogen (secondary N) is 2. The van der Waals surface area contributed by atoms with Crippen LogP contribution in [0.5, 0.6) is 5.75 Å². The summed E-state index contributed by atoms with van der Waals surface area (Å²) in [7, 11) is 0. The van der Waals surface area contributed by atoms with Crippen LogP contribution >= 0.6 is 0 Å². The second kappa shape index (κ2) is 8.85. The molecular formula is C20H24F3N5O2. The average Bonchev–Trinajstić information content (AvgIpc) is 2.57. The fraction of sp³-hybridized carbons (Fsp3) is 0.500. The van der Waals surface area contributed by atoms with E-state index in [0.29, 0.717) is 18.3 Å². The number of hydrogen-bond acceptors (Lipinski definition) is 6. The molecule has 1 saturated carbocycles. The smallest absolute Gasteiger partial charge is 0.303 e. The van der Waals surface area contributed by atoms with E-state index in [1.54, 1.807) is 6.92 Å². The van der Waals surface area contributed by atoms with Gasteiger partial charge in [-0.2, -0.15) is 8.78 Å². The molecule has 0 spiro atoms. The summed E-state index contributed by atoms with van der Waals surface area (Å²) < 4.78 is 47.2. The van der Waals surface area contributed by atoms with Gasteiger partial charge < -0.3 is 15.4 Å². The first-order valence-electron chi connectivity index (χ1n) is 9.67. The fourth-order valence-corrected chi connectivity index (χ4v) is 2.98. The monoisotopic (exact) mass is 423 g/mol. The van der Waals surface area contributed by atoms with E-state index >= 15 is 0 Å². The summed E-state index contributed by atoms with van der Waals surface area (Å²) >= 11 is 0. The number of aryl methyl sites for hydroxylation is 1. The molecule has 0 bridgehead atoms. The molecule has 0 radical (unpaired) electrons. The summed E-state index contributed by atoms with van der Waals surface area (Å²) in [6.07, 6.45) is 2.92. The van der Waals surface area contributed by atoms with E-state index in [2.05, 4.69) is 25.6 Å². The van der Waals surface area contributed by atoms with Crippen LogP contribution in [0.25, 0.3) is 0 Å². The Bertz CT molecular complexity index is 916. The summed E-state index contributed by atoms with van der Waals surface area (Å²) in [6, 6.07) is 2.96. The van der Waals surface area contributed by atoms with Crippen molar-refractivity contribution < 1.29 is 22.7 Å². The summed E-state index contributed by atoms with van der Waals surface area (Å²) in [6.45, 7) is 3.46. The highest BCUT2D eigenvalue weighted by atomic mass is 19.3. The number of halogens is 3. The summed E-state index contributed by atoms with van der Waals surface area (Å²) in [4.78, 5) is 23.1. The van der Waals surface area contributed by atoms with Gasteiger partial charge in [0, 0.05) is 31.7 Å². The van der Waals surface area contributed by atoms with Crippen LogP contribution in [-0.4, -0.2) is 33.6 Å². The second-order valence-corrected chi connectivity index (χ2v) is 7.50. The molecule has 2 aromatic rings. The van der Waals surface area contributed by atoms with Crippen molar-refractivity contribution in [3.63, 3.8) is 0 Å². The van der Waals surface area contributed by atoms with Crippen molar-refractivity contribution in [3.05, 3.63) is 29.8 Å². The number of nitrogens with zero attached hydrogens (tertiary/aromatic N) is 3. The van der Waals surface area contributed by atoms with Gasteiger partial charge in [0.05, 0.1) is 11.9 Å². The number of anilines is 3. The van der Waals surface area contributed by atoms with Gasteiger partial charge in [0.2, 0.25) is 11.7 Å². The number of pyridine rings is 1. The zero-order valence-corrected chi connectivity index (χ0v) is 17.0. The van der Waals surface area contributed by atoms with E-state index in [1.165, 1.54) is 25.3 Å². The minimum absolute atomic E-state index is 0.00752. The summed E-state index contributed by atoms with van der Waals surface area (Å²) in [5.74, 6) is -3.64. The van der Waals surface area contributed by atoms with E-state index in [-0.39, 0.29) is 35.8 Å². The number of amides is 1. The van der Waals surface area contributed by atoms with Gasteiger partial charge in [-0.25, -0.2) is 19.3 Å². The Morgan fingerprint density at radius 3 is 2.63 bits per heavy atom. The number of alkyl halides is 3. The third-order valence-electron chi connectivity index (χ3n) is 4.74. The van der Waals surface area contributed by atoms with E-state index in [1.807, 2.05) is 0 Å². The standard InChI is InChI=1S/C20H24F3N5O2/c1-11-7-18(28-19(25-11)20(3,22)23)27-15-8-17(26-12(2)29)24-9-16(15)30-10-14(21)13-5-4-6-13/h7-9,13-14H,4-6,10H2,1-3H3,(H2,24,25,26,27,28,29). The lowest BCUT2D eigenvalue weighted by molar-refractivity contribution is -0.114. The van der Waals surface area contributed by atoms with Crippen molar-refractivity contribution in [3.8, 4) is 5.75 Å². The fourth-order valence-electron chi connectivity index (χ4n) is 2.98. The van der Waals surface area contributed by atoms with Gasteiger partial charge in [0.1, 0.15) is 24.4 Å². The largest absolute Gasteiger partial charge is 0.487 e. The molecule has 30 heavy (non-hydrogen) atoms. The van der Waals surface area contributed by atoms with Gasteiger partial charge in [-0.1, -0.05) is 6.42 Å². The topological polar surface area (TPSA) is 89.0 Å². The first-order valence-corrected chi connectivity index (χ1v) is 9.67. The maximum Gasteiger partial charge on any atom is 0.303 e. The van der Waals surface area contributed by atoms with Crippen molar-refractivity contribution in [2.45, 2.75) is 52.1 Å². The predicted molar refractivity (Wildman–Crippen MR) is 106 cm³/mol. The van der Waals surface area contributed by atoms with Crippen molar-refractivity contribution in [2.75, 3.05) is 17.2 Å². The highest BCUT2D eigenvalue weighted by Gasteiger charge is 2.29. The van der Waals surface area contributed by atoms with Crippen LogP contribution in [0.1, 0.15) is 44.6 Å². The number of carbonyl (C=O) groups excluding carboxylic acids is 1. The van der Waals surface area contributed by atoms with Crippen LogP contribution in [0.2, 0.25) is 0 Å². The average molecular weight is 423 g/mol. The molecule has 1 atom stereocenters. The number of aromatic nitrogens is 3. The van der Waals surface area contributed by atoms with Crippen molar-refractivity contribution >= 4 is 23.2 Å². The maximum absolute atomic E-state index is 14.3. The van der Waals surface area contributed by atoms with Crippen LogP contribution in [0.15, 0.2) is 18.3 Å². The number of rotatable bonds is 8. The molecule has 1 amide bonds. The molecule has 1 fully saturated rings. The first kappa shape index (κ1) is 21.8. The lowest BCUT2D eigenvalue weighted by Crippen LogP contribution is -2.28. The maximum atomic E-state index is 14.3. The molecule has 2 N–H and O–H groups in total. The predicted octanol–water partition coefficient (Wildman–Crippen LogP) is 4.51. The van der Waals surface area contributed by atoms with Crippen molar-refractivity contribution in [1.29, 1.82) is 0 Å². The number of carbonyl (C=O) groups is 1. The van der Waals surface area contributed by atoms with Gasteiger partial charge >= 0.3 is 5.92 Å². The molecule has 1 aliphatic rings. The van der Waals surface area contributed by atoms with Crippen LogP contribution < -0.4 is 15.4 Å². The van der Waals surface area contributed by atoms with Crippen LogP contribution in [-0.2, 0) is 10.7 Å². The molecule has 1 aliphatic carbocycles. The zero-order chi connectivity index (χ0) is 21.9. The summed E-state index contributed by atoms with van der Waals surface area (Å²) in [5.41, 5.74) is 0.648. The highest BCUT2D eigenvalue weighted by Crippen LogP contribution is 2.34. The molecule has 2 heterocycles. The number of hydrogen-bond donors (Lipinski definition) is 2. The van der Waals surface area contributed by atoms with Gasteiger partial charge in [0.15, 0.2) is 5.75 Å². The van der Waals surface area contributed by atoms with Crippen LogP contribution in [0.3, 0.4) is 0 Å². The third-order valence-corrected chi connectivity index (χ3v) is 4.74. The van der Waals surface area contributed by atoms with E-state index in [9.17, 15) is 18.0 Å². The molecule has 0 aromatic carbocycles. The molecule has 10 heteroatoms. The molecule has 0 aliphatic heterocycles. The van der Waals surface area contributed by atoms with E-state index < -0.39 is 17.9 Å². The molecule has 7 nitrogen and oxygen atoms in total. The minimum atomic E-state index is -3.22. The molecule has 1 unspecified atom stereocenters. The van der Waals surface area contributed by atoms with Crippen LogP contribution in [0, 0.1) is 12.8 Å². The minimum Gasteiger partial charge on any atom is -0.487 e. The molecule has 3 rings (SSSR count). The Labute approximate surface area is 172 Å². The quantitative estimate of drug-likeness (QED) is 0.649. The Morgan fingerprint density at radius 2 is 2.03 bits per heavy atom. The van der Waals surface area contributed by atoms with Gasteiger partial charge in [-0.05, 0) is 25.7 Å². The molecular weight excluding hydrogens is 399 g/mol. The highest BCUT2D eigenvalue weighted by molar-refractivity contribution is 5.88. The Morgan fingerprint density at radius 1 is 1.30 bits per heavy atom. The van der Waals surface area contributed by atoms with E-state index in [4.69, 9.17) is 4.74 Å². The van der Waals surface area contributed by atoms with Gasteiger partial charge in [0.25, 0.3) is 0 Å². The van der Waals surface area contributed by atoms with Crippen molar-refractivity contribution in [1.82, 2.24) is 15.0 Å². The Balaban J connectivity index is 1.86. The zero-order valence-electron chi connectivity index (χ0n) is 17.0. The second-order valence-electron chi connectivity index (χ2n) is 7.50. The lowest BCUT2D eigenvalue weighted by atomic mass is 9.82. The normalized spacial score (nSPS) is 15.3. The van der Waals surface area contributed by atoms with Gasteiger partial charge in [-0.15, -0.1) is 0 Å². The summed E-state index contributed by atoms with van der Waals surface area (Å²) in [5, 5.41) is 5.43. The third kappa shape index (κ3) is 5.58. The van der Waals surface area contributed by atoms with Gasteiger partial charge in [-0.3, -0.25) is 4.79 Å². The lowest BCUT2D eigenvalue weighted by Gasteiger charge is -2.28. The SMILES string of the molecule is CC(=O)Nc1cc(Nc2cc(C)nc(C(C)(F)F)n2)c(OCC(F)C2CCC2)cn1. The molecule has 162 valence electrons. The Kier molecular flexibility index (Phi) is 6.42. The van der Waals surface area contributed by atoms with Crippen LogP contribution in [0.4, 0.5) is 30.5 Å². The Hall–Kier alpha value is -2.91. The molecule has 2 aromatic heterocycles. The first-order chi connectivity index (χ1) is 14.1. The van der Waals surface area contributed by atoms with Crippen molar-refractivity contribution in [2.24, 2.45) is 5.92 Å². The number of ether oxygens (including phenoxy) is 1. The van der Waals surface area contributed by atoms with E-state index in [0.717, 1.165) is 19.3 Å².